The van der Waals surface area contributed by atoms with E-state index < -0.39 is 5.82 Å². The number of aromatic nitrogens is 2. The molecule has 1 aromatic heterocycles. The smallest absolute Gasteiger partial charge is 0.257 e. The van der Waals surface area contributed by atoms with Crippen LogP contribution in [0.1, 0.15) is 12.2 Å². The van der Waals surface area contributed by atoms with Gasteiger partial charge in [0.15, 0.2) is 5.69 Å². The second-order valence-electron chi connectivity index (χ2n) is 6.28. The standard InChI is InChI=1S/C20H17ClFN3O.ClH/c21-15-9-7-14(8-10-15)18-12-24(20-6-3-11-25(18)20)13-19(26)23-17-5-2-1-4-16(17)22;/h1-2,4-5,7-10,12H,3,6,11,13H2;1H. The van der Waals surface area contributed by atoms with Crippen molar-refractivity contribution in [2.75, 3.05) is 0 Å². The molecular formula is C20H18Cl2FN3O. The Morgan fingerprint density at radius 3 is 2.67 bits per heavy atom. The van der Waals surface area contributed by atoms with E-state index in [1.54, 1.807) is 12.1 Å². The predicted octanol–water partition coefficient (Wildman–Crippen LogP) is 3.69. The van der Waals surface area contributed by atoms with Crippen molar-refractivity contribution in [2.24, 2.45) is 4.99 Å². The molecule has 27 heavy (non-hydrogen) atoms. The van der Waals surface area contributed by atoms with Crippen molar-refractivity contribution in [2.45, 2.75) is 25.9 Å². The van der Waals surface area contributed by atoms with Crippen LogP contribution >= 0.6 is 24.0 Å². The molecule has 0 radical (unpaired) electrons. The topological polar surface area (TPSA) is 44.2 Å². The summed E-state index contributed by atoms with van der Waals surface area (Å²) < 4.78 is 17.8. The van der Waals surface area contributed by atoms with Crippen molar-refractivity contribution in [3.63, 3.8) is 0 Å². The Morgan fingerprint density at radius 2 is 1.93 bits per heavy atom. The molecule has 1 aliphatic rings. The third-order valence-corrected chi connectivity index (χ3v) is 4.79. The van der Waals surface area contributed by atoms with Crippen molar-refractivity contribution in [1.29, 1.82) is 0 Å². The number of nitrogens with zero attached hydrogens (tertiary/aromatic N) is 3. The molecule has 0 amide bonds. The molecule has 2 heterocycles. The number of aliphatic imine (C=N–C) groups is 1. The van der Waals surface area contributed by atoms with E-state index in [1.807, 2.05) is 35.0 Å². The molecule has 0 fully saturated rings. The van der Waals surface area contributed by atoms with Gasteiger partial charge in [0.2, 0.25) is 0 Å². The minimum atomic E-state index is -0.491. The van der Waals surface area contributed by atoms with Gasteiger partial charge < -0.3 is 5.11 Å². The van der Waals surface area contributed by atoms with Crippen LogP contribution in [0.15, 0.2) is 59.7 Å². The zero-order valence-corrected chi connectivity index (χ0v) is 16.0. The van der Waals surface area contributed by atoms with Crippen LogP contribution in [0.5, 0.6) is 0 Å². The van der Waals surface area contributed by atoms with Crippen LogP contribution in [0.4, 0.5) is 10.1 Å². The molecule has 4 rings (SSSR count). The van der Waals surface area contributed by atoms with E-state index in [2.05, 4.69) is 9.56 Å². The summed E-state index contributed by atoms with van der Waals surface area (Å²) in [4.78, 5) is 3.91. The minimum absolute atomic E-state index is 0. The highest BCUT2D eigenvalue weighted by Gasteiger charge is 2.28. The first-order valence-corrected chi connectivity index (χ1v) is 8.86. The van der Waals surface area contributed by atoms with E-state index in [9.17, 15) is 9.50 Å². The molecule has 1 aliphatic heterocycles. The Kier molecular flexibility index (Phi) is 5.82. The monoisotopic (exact) mass is 405 g/mol. The van der Waals surface area contributed by atoms with Gasteiger partial charge in [-0.3, -0.25) is 4.99 Å². The van der Waals surface area contributed by atoms with E-state index in [1.165, 1.54) is 12.1 Å². The lowest BCUT2D eigenvalue weighted by molar-refractivity contribution is -0.693. The molecule has 0 aliphatic carbocycles. The molecule has 0 bridgehead atoms. The summed E-state index contributed by atoms with van der Waals surface area (Å²) in [6.07, 6.45) is 3.91. The number of hydrogen-bond acceptors (Lipinski definition) is 2. The maximum Gasteiger partial charge on any atom is 0.257 e. The fourth-order valence-corrected chi connectivity index (χ4v) is 3.48. The molecule has 0 spiro atoms. The summed E-state index contributed by atoms with van der Waals surface area (Å²) in [5, 5.41) is 13.0. The van der Waals surface area contributed by atoms with Crippen molar-refractivity contribution in [3.05, 3.63) is 71.4 Å². The Hall–Kier alpha value is -2.37. The predicted molar refractivity (Wildman–Crippen MR) is 104 cm³/mol. The summed E-state index contributed by atoms with van der Waals surface area (Å²) in [7, 11) is 0. The average molecular weight is 406 g/mol. The van der Waals surface area contributed by atoms with Gasteiger partial charge in [0.1, 0.15) is 18.6 Å². The lowest BCUT2D eigenvalue weighted by atomic mass is 10.2. The Bertz CT molecular complexity index is 983. The van der Waals surface area contributed by atoms with Crippen LogP contribution in [0.2, 0.25) is 5.02 Å². The first-order chi connectivity index (χ1) is 12.6. The van der Waals surface area contributed by atoms with Gasteiger partial charge >= 0.3 is 0 Å². The SMILES string of the molecule is Cl.[O-]C(C[n+]1cc(-c2ccc(Cl)cc2)n2c1CCC2)=Nc1ccccc1F. The third kappa shape index (κ3) is 3.99. The van der Waals surface area contributed by atoms with Gasteiger partial charge in [-0.2, -0.15) is 0 Å². The molecule has 0 unspecified atom stereocenters. The molecule has 0 saturated heterocycles. The number of rotatable bonds is 4. The summed E-state index contributed by atoms with van der Waals surface area (Å²) >= 11 is 5.98. The number of hydrogen-bond donors (Lipinski definition) is 0. The number of para-hydroxylation sites is 1. The highest BCUT2D eigenvalue weighted by atomic mass is 35.5. The summed E-state index contributed by atoms with van der Waals surface area (Å²) in [5.41, 5.74) is 2.18. The minimum Gasteiger partial charge on any atom is -0.859 e. The number of halogens is 3. The van der Waals surface area contributed by atoms with Crippen LogP contribution in [0, 0.1) is 5.82 Å². The Labute approximate surface area is 168 Å². The lowest BCUT2D eigenvalue weighted by Crippen LogP contribution is -2.43. The van der Waals surface area contributed by atoms with E-state index >= 15 is 0 Å². The number of fused-ring (bicyclic) bond motifs is 1. The number of benzene rings is 2. The largest absolute Gasteiger partial charge is 0.859 e. The molecule has 140 valence electrons. The van der Waals surface area contributed by atoms with Gasteiger partial charge in [-0.15, -0.1) is 12.4 Å². The molecule has 0 atom stereocenters. The zero-order valence-electron chi connectivity index (χ0n) is 14.4. The van der Waals surface area contributed by atoms with Crippen LogP contribution in [-0.4, -0.2) is 10.5 Å². The van der Waals surface area contributed by atoms with Crippen LogP contribution in [0.25, 0.3) is 11.3 Å². The summed E-state index contributed by atoms with van der Waals surface area (Å²) in [5.74, 6) is 0.227. The average Bonchev–Trinajstić information content (AvgIpc) is 3.22. The Morgan fingerprint density at radius 1 is 1.19 bits per heavy atom. The molecule has 3 aromatic rings. The van der Waals surface area contributed by atoms with Crippen molar-refractivity contribution >= 4 is 35.6 Å². The van der Waals surface area contributed by atoms with Gasteiger partial charge in [-0.05, 0) is 42.8 Å². The normalized spacial score (nSPS) is 13.3. The maximum absolute atomic E-state index is 13.7. The molecule has 2 aromatic carbocycles. The second kappa shape index (κ2) is 8.11. The van der Waals surface area contributed by atoms with Gasteiger partial charge in [0.25, 0.3) is 5.82 Å². The fraction of sp³-hybridized carbons (Fsp3) is 0.200. The van der Waals surface area contributed by atoms with Crippen LogP contribution in [0.3, 0.4) is 0 Å². The van der Waals surface area contributed by atoms with Crippen molar-refractivity contribution in [1.82, 2.24) is 4.57 Å². The molecular weight excluding hydrogens is 388 g/mol. The van der Waals surface area contributed by atoms with Gasteiger partial charge in [0, 0.05) is 16.5 Å². The van der Waals surface area contributed by atoms with E-state index in [-0.39, 0.29) is 30.5 Å². The summed E-state index contributed by atoms with van der Waals surface area (Å²) in [6, 6.07) is 13.7. The van der Waals surface area contributed by atoms with E-state index in [4.69, 9.17) is 11.6 Å². The van der Waals surface area contributed by atoms with Gasteiger partial charge in [0.05, 0.1) is 18.7 Å². The third-order valence-electron chi connectivity index (χ3n) is 4.54. The van der Waals surface area contributed by atoms with Crippen LogP contribution in [-0.2, 0) is 19.5 Å². The first-order valence-electron chi connectivity index (χ1n) is 8.49. The number of imidazole rings is 1. The first kappa shape index (κ1) is 19.4. The zero-order chi connectivity index (χ0) is 18.1. The lowest BCUT2D eigenvalue weighted by Gasteiger charge is -2.09. The highest BCUT2D eigenvalue weighted by Crippen LogP contribution is 2.26. The second-order valence-corrected chi connectivity index (χ2v) is 6.71. The molecule has 0 N–H and O–H groups in total. The maximum atomic E-state index is 13.7. The van der Waals surface area contributed by atoms with Crippen LogP contribution < -0.4 is 9.67 Å². The van der Waals surface area contributed by atoms with Crippen molar-refractivity contribution < 1.29 is 14.1 Å². The fourth-order valence-electron chi connectivity index (χ4n) is 3.36. The Balaban J connectivity index is 0.00000210. The van der Waals surface area contributed by atoms with Gasteiger partial charge in [-0.1, -0.05) is 23.7 Å². The molecule has 0 saturated carbocycles. The quantitative estimate of drug-likeness (QED) is 0.370. The molecule has 4 nitrogen and oxygen atoms in total. The van der Waals surface area contributed by atoms with E-state index in [0.29, 0.717) is 5.02 Å². The molecule has 7 heteroatoms. The highest BCUT2D eigenvalue weighted by molar-refractivity contribution is 6.30. The van der Waals surface area contributed by atoms with E-state index in [0.717, 1.165) is 36.5 Å². The van der Waals surface area contributed by atoms with Gasteiger partial charge in [-0.25, -0.2) is 13.5 Å². The van der Waals surface area contributed by atoms with Crippen molar-refractivity contribution in [3.8, 4) is 11.3 Å². The summed E-state index contributed by atoms with van der Waals surface area (Å²) in [6.45, 7) is 1.01.